The minimum atomic E-state index is 0.0354. The molecule has 0 aromatic heterocycles. The van der Waals surface area contributed by atoms with Gasteiger partial charge in [0, 0.05) is 13.1 Å². The van der Waals surface area contributed by atoms with Crippen LogP contribution in [0.2, 0.25) is 0 Å². The lowest BCUT2D eigenvalue weighted by atomic mass is 10.1. The summed E-state index contributed by atoms with van der Waals surface area (Å²) in [5.74, 6) is 0.897. The van der Waals surface area contributed by atoms with Crippen LogP contribution in [0.4, 0.5) is 0 Å². The Morgan fingerprint density at radius 3 is 2.56 bits per heavy atom. The number of carbonyl (C=O) groups is 1. The van der Waals surface area contributed by atoms with Crippen molar-refractivity contribution in [3.63, 3.8) is 0 Å². The van der Waals surface area contributed by atoms with Crippen molar-refractivity contribution < 1.29 is 9.53 Å². The third-order valence-electron chi connectivity index (χ3n) is 4.59. The second-order valence-electron chi connectivity index (χ2n) is 6.77. The van der Waals surface area contributed by atoms with Crippen molar-refractivity contribution in [2.24, 2.45) is 0 Å². The molecule has 0 bridgehead atoms. The predicted octanol–water partition coefficient (Wildman–Crippen LogP) is 3.64. The summed E-state index contributed by atoms with van der Waals surface area (Å²) in [6.07, 6.45) is 0.754. The minimum absolute atomic E-state index is 0.0354. The molecular weight excluding hydrogens is 336 g/mol. The monoisotopic (exact) mass is 362 g/mol. The van der Waals surface area contributed by atoms with Gasteiger partial charge in [-0.1, -0.05) is 54.6 Å². The van der Waals surface area contributed by atoms with E-state index in [0.29, 0.717) is 13.1 Å². The van der Waals surface area contributed by atoms with E-state index >= 15 is 0 Å². The summed E-state index contributed by atoms with van der Waals surface area (Å²) in [6, 6.07) is 22.6. The van der Waals surface area contributed by atoms with Gasteiger partial charge in [-0.15, -0.1) is 0 Å². The molecule has 0 saturated heterocycles. The third-order valence-corrected chi connectivity index (χ3v) is 4.59. The second kappa shape index (κ2) is 9.19. The van der Waals surface area contributed by atoms with Crippen LogP contribution in [0.3, 0.4) is 0 Å². The zero-order valence-electron chi connectivity index (χ0n) is 15.9. The quantitative estimate of drug-likeness (QED) is 0.665. The molecule has 0 saturated carbocycles. The molecule has 0 heterocycles. The third kappa shape index (κ3) is 5.31. The number of benzene rings is 3. The van der Waals surface area contributed by atoms with Crippen LogP contribution in [0.25, 0.3) is 10.8 Å². The van der Waals surface area contributed by atoms with Crippen LogP contribution in [0.15, 0.2) is 66.7 Å². The lowest BCUT2D eigenvalue weighted by Crippen LogP contribution is -2.35. The number of likely N-dealkylation sites (N-methyl/N-ethyl adjacent to an activating group) is 1. The Morgan fingerprint density at radius 2 is 1.74 bits per heavy atom. The number of hydrogen-bond donors (Lipinski definition) is 1. The second-order valence-corrected chi connectivity index (χ2v) is 6.77. The van der Waals surface area contributed by atoms with Crippen LogP contribution in [-0.2, 0) is 17.8 Å². The van der Waals surface area contributed by atoms with Gasteiger partial charge in [-0.3, -0.25) is 9.69 Å². The average Bonchev–Trinajstić information content (AvgIpc) is 2.68. The molecule has 4 heteroatoms. The summed E-state index contributed by atoms with van der Waals surface area (Å²) in [5.41, 5.74) is 2.31. The first kappa shape index (κ1) is 18.9. The van der Waals surface area contributed by atoms with Crippen molar-refractivity contribution in [3.05, 3.63) is 77.9 Å². The van der Waals surface area contributed by atoms with E-state index in [1.165, 1.54) is 16.3 Å². The first-order chi connectivity index (χ1) is 13.2. The fraction of sp³-hybridized carbons (Fsp3) is 0.261. The molecule has 140 valence electrons. The number of methoxy groups -OCH3 is 1. The van der Waals surface area contributed by atoms with Gasteiger partial charge in [0.25, 0.3) is 0 Å². The Hall–Kier alpha value is -2.85. The number of nitrogens with one attached hydrogen (secondary N) is 1. The van der Waals surface area contributed by atoms with E-state index in [-0.39, 0.29) is 5.91 Å². The molecule has 1 amide bonds. The average molecular weight is 362 g/mol. The van der Waals surface area contributed by atoms with Crippen molar-refractivity contribution >= 4 is 16.7 Å². The van der Waals surface area contributed by atoms with Gasteiger partial charge in [0.2, 0.25) is 5.91 Å². The standard InChI is InChI=1S/C23H26N2O2/c1-25(16-18-11-12-19-7-3-4-9-21(19)15-18)17-23(26)24-14-13-20-8-5-6-10-22(20)27-2/h3-12,15H,13-14,16-17H2,1-2H3,(H,24,26). The molecule has 0 unspecified atom stereocenters. The SMILES string of the molecule is COc1ccccc1CCNC(=O)CN(C)Cc1ccc2ccccc2c1. The summed E-state index contributed by atoms with van der Waals surface area (Å²) < 4.78 is 5.34. The van der Waals surface area contributed by atoms with Crippen LogP contribution in [0.5, 0.6) is 5.75 Å². The van der Waals surface area contributed by atoms with Crippen molar-refractivity contribution in [3.8, 4) is 5.75 Å². The zero-order valence-corrected chi connectivity index (χ0v) is 15.9. The van der Waals surface area contributed by atoms with E-state index in [1.54, 1.807) is 7.11 Å². The molecule has 1 N–H and O–H groups in total. The van der Waals surface area contributed by atoms with Crippen LogP contribution >= 0.6 is 0 Å². The molecule has 27 heavy (non-hydrogen) atoms. The number of nitrogens with zero attached hydrogens (tertiary/aromatic N) is 1. The molecule has 0 aliphatic carbocycles. The largest absolute Gasteiger partial charge is 0.496 e. The number of fused-ring (bicyclic) bond motifs is 1. The fourth-order valence-corrected chi connectivity index (χ4v) is 3.25. The van der Waals surface area contributed by atoms with Crippen LogP contribution in [0, 0.1) is 0 Å². The van der Waals surface area contributed by atoms with E-state index < -0.39 is 0 Å². The summed E-state index contributed by atoms with van der Waals surface area (Å²) in [7, 11) is 3.63. The molecule has 0 aliphatic rings. The molecule has 4 nitrogen and oxygen atoms in total. The Balaban J connectivity index is 1.47. The number of para-hydroxylation sites is 1. The van der Waals surface area contributed by atoms with Gasteiger partial charge >= 0.3 is 0 Å². The van der Waals surface area contributed by atoms with Crippen molar-refractivity contribution in [2.75, 3.05) is 27.2 Å². The van der Waals surface area contributed by atoms with E-state index in [2.05, 4.69) is 35.6 Å². The van der Waals surface area contributed by atoms with Gasteiger partial charge in [0.1, 0.15) is 5.75 Å². The Morgan fingerprint density at radius 1 is 1.00 bits per heavy atom. The summed E-state index contributed by atoms with van der Waals surface area (Å²) in [6.45, 7) is 1.71. The van der Waals surface area contributed by atoms with Crippen molar-refractivity contribution in [2.45, 2.75) is 13.0 Å². The van der Waals surface area contributed by atoms with Gasteiger partial charge in [-0.05, 0) is 47.5 Å². The van der Waals surface area contributed by atoms with Crippen LogP contribution in [-0.4, -0.2) is 38.1 Å². The first-order valence-corrected chi connectivity index (χ1v) is 9.20. The van der Waals surface area contributed by atoms with Crippen LogP contribution < -0.4 is 10.1 Å². The highest BCUT2D eigenvalue weighted by atomic mass is 16.5. The van der Waals surface area contributed by atoms with Gasteiger partial charge < -0.3 is 10.1 Å². The molecule has 0 fully saturated rings. The molecule has 3 aromatic rings. The first-order valence-electron chi connectivity index (χ1n) is 9.20. The van der Waals surface area contributed by atoms with Gasteiger partial charge in [0.15, 0.2) is 0 Å². The lowest BCUT2D eigenvalue weighted by Gasteiger charge is -2.17. The molecule has 3 rings (SSSR count). The molecule has 0 atom stereocenters. The Bertz CT molecular complexity index is 908. The van der Waals surface area contributed by atoms with Gasteiger partial charge in [-0.2, -0.15) is 0 Å². The van der Waals surface area contributed by atoms with E-state index in [4.69, 9.17) is 4.74 Å². The maximum Gasteiger partial charge on any atom is 0.234 e. The zero-order chi connectivity index (χ0) is 19.1. The summed E-state index contributed by atoms with van der Waals surface area (Å²) in [5, 5.41) is 5.45. The van der Waals surface area contributed by atoms with Crippen LogP contribution in [0.1, 0.15) is 11.1 Å². The Kier molecular flexibility index (Phi) is 6.44. The van der Waals surface area contributed by atoms with Crippen molar-refractivity contribution in [1.82, 2.24) is 10.2 Å². The number of amides is 1. The normalized spacial score (nSPS) is 10.9. The number of hydrogen-bond acceptors (Lipinski definition) is 3. The van der Waals surface area contributed by atoms with Gasteiger partial charge in [-0.25, -0.2) is 0 Å². The maximum absolute atomic E-state index is 12.2. The smallest absolute Gasteiger partial charge is 0.234 e. The summed E-state index contributed by atoms with van der Waals surface area (Å²) in [4.78, 5) is 14.2. The highest BCUT2D eigenvalue weighted by Gasteiger charge is 2.08. The molecule has 0 radical (unpaired) electrons. The molecule has 0 aliphatic heterocycles. The molecule has 0 spiro atoms. The molecular formula is C23H26N2O2. The fourth-order valence-electron chi connectivity index (χ4n) is 3.25. The highest BCUT2D eigenvalue weighted by Crippen LogP contribution is 2.18. The Labute approximate surface area is 160 Å². The number of rotatable bonds is 8. The van der Waals surface area contributed by atoms with Gasteiger partial charge in [0.05, 0.1) is 13.7 Å². The number of ether oxygens (including phenoxy) is 1. The lowest BCUT2D eigenvalue weighted by molar-refractivity contribution is -0.122. The highest BCUT2D eigenvalue weighted by molar-refractivity contribution is 5.83. The van der Waals surface area contributed by atoms with E-state index in [0.717, 1.165) is 24.3 Å². The number of carbonyl (C=O) groups excluding carboxylic acids is 1. The summed E-state index contributed by atoms with van der Waals surface area (Å²) >= 11 is 0. The predicted molar refractivity (Wildman–Crippen MR) is 110 cm³/mol. The maximum atomic E-state index is 12.2. The topological polar surface area (TPSA) is 41.6 Å². The van der Waals surface area contributed by atoms with E-state index in [1.807, 2.05) is 48.3 Å². The minimum Gasteiger partial charge on any atom is -0.496 e. The van der Waals surface area contributed by atoms with E-state index in [9.17, 15) is 4.79 Å². The molecule has 3 aromatic carbocycles. The van der Waals surface area contributed by atoms with Crippen molar-refractivity contribution in [1.29, 1.82) is 0 Å².